The molecule has 0 saturated heterocycles. The van der Waals surface area contributed by atoms with Gasteiger partial charge in [-0.05, 0) is 39.0 Å². The van der Waals surface area contributed by atoms with Crippen LogP contribution in [0.5, 0.6) is 0 Å². The first-order valence-electron chi connectivity index (χ1n) is 9.83. The van der Waals surface area contributed by atoms with Crippen LogP contribution in [0.4, 0.5) is 29.6 Å². The summed E-state index contributed by atoms with van der Waals surface area (Å²) >= 11 is 0. The molecule has 0 aliphatic rings. The zero-order chi connectivity index (χ0) is 24.6. The quantitative estimate of drug-likeness (QED) is 0.537. The van der Waals surface area contributed by atoms with Gasteiger partial charge in [0.2, 0.25) is 5.91 Å². The highest BCUT2D eigenvalue weighted by Gasteiger charge is 2.34. The van der Waals surface area contributed by atoms with E-state index in [1.165, 1.54) is 19.3 Å². The van der Waals surface area contributed by atoms with Crippen LogP contribution in [0.25, 0.3) is 16.8 Å². The molecule has 0 radical (unpaired) electrons. The van der Waals surface area contributed by atoms with Crippen molar-refractivity contribution in [3.63, 3.8) is 0 Å². The van der Waals surface area contributed by atoms with Gasteiger partial charge in [0.25, 0.3) is 0 Å². The van der Waals surface area contributed by atoms with E-state index in [1.807, 2.05) is 0 Å². The molecule has 0 aromatic carbocycles. The van der Waals surface area contributed by atoms with Gasteiger partial charge in [0.1, 0.15) is 17.1 Å². The molecule has 9 nitrogen and oxygen atoms in total. The minimum Gasteiger partial charge on any atom is -0.444 e. The van der Waals surface area contributed by atoms with Gasteiger partial charge in [0, 0.05) is 30.4 Å². The molecule has 3 aromatic rings. The third-order valence-corrected chi connectivity index (χ3v) is 4.37. The third kappa shape index (κ3) is 5.70. The molecule has 3 rings (SSSR count). The van der Waals surface area contributed by atoms with Gasteiger partial charge in [-0.2, -0.15) is 13.2 Å². The number of alkyl carbamates (subject to hydrolysis) is 1. The molecule has 0 fully saturated rings. The summed E-state index contributed by atoms with van der Waals surface area (Å²) in [5.41, 5.74) is 5.01. The van der Waals surface area contributed by atoms with E-state index in [0.29, 0.717) is 16.9 Å². The van der Waals surface area contributed by atoms with Gasteiger partial charge >= 0.3 is 12.3 Å². The molecular weight excluding hydrogens is 441 g/mol. The molecule has 4 N–H and O–H groups in total. The Hall–Kier alpha value is -3.83. The number of hydrogen-bond acceptors (Lipinski definition) is 6. The van der Waals surface area contributed by atoms with Crippen LogP contribution in [-0.2, 0) is 22.3 Å². The van der Waals surface area contributed by atoms with Crippen LogP contribution in [0.15, 0.2) is 30.6 Å². The molecular formula is C21H23F3N6O3. The number of nitrogens with two attached hydrogens (primary N) is 1. The summed E-state index contributed by atoms with van der Waals surface area (Å²) in [7, 11) is 0. The number of rotatable bonds is 4. The molecule has 176 valence electrons. The number of anilines is 2. The number of carbonyl (C=O) groups excluding carboxylic acids is 2. The maximum Gasteiger partial charge on any atom is 0.419 e. The Labute approximate surface area is 187 Å². The van der Waals surface area contributed by atoms with E-state index in [0.717, 1.165) is 6.07 Å². The Kier molecular flexibility index (Phi) is 6.21. The maximum absolute atomic E-state index is 13.3. The molecule has 0 atom stereocenters. The number of nitrogen functional groups attached to an aromatic ring is 1. The van der Waals surface area contributed by atoms with Gasteiger partial charge in [0.15, 0.2) is 5.82 Å². The number of pyridine rings is 2. The highest BCUT2D eigenvalue weighted by atomic mass is 19.4. The fourth-order valence-electron chi connectivity index (χ4n) is 3.03. The summed E-state index contributed by atoms with van der Waals surface area (Å²) in [4.78, 5) is 31.7. The second kappa shape index (κ2) is 8.60. The van der Waals surface area contributed by atoms with Crippen molar-refractivity contribution in [2.75, 3.05) is 11.1 Å². The summed E-state index contributed by atoms with van der Waals surface area (Å²) in [5.74, 6) is -0.804. The molecule has 0 saturated carbocycles. The largest absolute Gasteiger partial charge is 0.444 e. The number of imidazole rings is 1. The van der Waals surface area contributed by atoms with Gasteiger partial charge in [-0.3, -0.25) is 9.20 Å². The van der Waals surface area contributed by atoms with Gasteiger partial charge in [-0.25, -0.2) is 14.8 Å². The molecule has 2 amide bonds. The predicted molar refractivity (Wildman–Crippen MR) is 115 cm³/mol. The zero-order valence-electron chi connectivity index (χ0n) is 18.4. The van der Waals surface area contributed by atoms with Crippen LogP contribution in [0.1, 0.15) is 39.0 Å². The molecule has 0 bridgehead atoms. The first-order chi connectivity index (χ1) is 15.2. The normalized spacial score (nSPS) is 12.0. The van der Waals surface area contributed by atoms with E-state index < -0.39 is 29.3 Å². The smallest absolute Gasteiger partial charge is 0.419 e. The molecule has 12 heteroatoms. The number of halogens is 3. The number of amides is 2. The Balaban J connectivity index is 2.03. The van der Waals surface area contributed by atoms with Crippen molar-refractivity contribution in [3.05, 3.63) is 41.9 Å². The molecule has 33 heavy (non-hydrogen) atoms. The average molecular weight is 464 g/mol. The number of aromatic nitrogens is 3. The van der Waals surface area contributed by atoms with Crippen molar-refractivity contribution in [3.8, 4) is 11.1 Å². The number of ether oxygens (including phenoxy) is 1. The summed E-state index contributed by atoms with van der Waals surface area (Å²) in [6, 6.07) is 4.05. The lowest BCUT2D eigenvalue weighted by Crippen LogP contribution is -2.32. The van der Waals surface area contributed by atoms with Crippen molar-refractivity contribution < 1.29 is 27.5 Å². The lowest BCUT2D eigenvalue weighted by atomic mass is 10.1. The van der Waals surface area contributed by atoms with Crippen LogP contribution in [0, 0.1) is 0 Å². The van der Waals surface area contributed by atoms with Gasteiger partial charge in [-0.1, -0.05) is 0 Å². The van der Waals surface area contributed by atoms with Gasteiger partial charge in [-0.15, -0.1) is 0 Å². The van der Waals surface area contributed by atoms with Crippen molar-refractivity contribution in [1.82, 2.24) is 19.7 Å². The standard InChI is InChI=1S/C21H23F3N6O3/c1-11(31)28-18-15(9-27-19(32)33-20(2,3)4)30-10-12(5-6-16(30)29-18)13-7-14(21(22,23)24)17(25)26-8-13/h5-8,10H,9H2,1-4H3,(H2,25,26)(H,27,32)(H,28,31). The number of nitrogens with zero attached hydrogens (tertiary/aromatic N) is 3. The summed E-state index contributed by atoms with van der Waals surface area (Å²) in [5, 5.41) is 5.18. The van der Waals surface area contributed by atoms with E-state index >= 15 is 0 Å². The van der Waals surface area contributed by atoms with Crippen LogP contribution >= 0.6 is 0 Å². The first kappa shape index (κ1) is 23.8. The Morgan fingerprint density at radius 1 is 1.18 bits per heavy atom. The fourth-order valence-corrected chi connectivity index (χ4v) is 3.03. The fraction of sp³-hybridized carbons (Fsp3) is 0.333. The second-order valence-electron chi connectivity index (χ2n) is 8.24. The maximum atomic E-state index is 13.3. The lowest BCUT2D eigenvalue weighted by molar-refractivity contribution is -0.137. The molecule has 3 aromatic heterocycles. The summed E-state index contributed by atoms with van der Waals surface area (Å²) < 4.78 is 46.5. The van der Waals surface area contributed by atoms with Crippen molar-refractivity contribution in [2.45, 2.75) is 46.0 Å². The van der Waals surface area contributed by atoms with E-state index in [4.69, 9.17) is 10.5 Å². The van der Waals surface area contributed by atoms with E-state index in [-0.39, 0.29) is 23.8 Å². The lowest BCUT2D eigenvalue weighted by Gasteiger charge is -2.19. The predicted octanol–water partition coefficient (Wildman–Crippen LogP) is 3.98. The first-order valence-corrected chi connectivity index (χ1v) is 9.83. The molecule has 0 aliphatic carbocycles. The summed E-state index contributed by atoms with van der Waals surface area (Å²) in [6.45, 7) is 6.38. The van der Waals surface area contributed by atoms with Crippen molar-refractivity contribution in [1.29, 1.82) is 0 Å². The van der Waals surface area contributed by atoms with Crippen LogP contribution in [0.2, 0.25) is 0 Å². The number of alkyl halides is 3. The van der Waals surface area contributed by atoms with Crippen molar-refractivity contribution in [2.24, 2.45) is 0 Å². The average Bonchev–Trinajstić information content (AvgIpc) is 3.00. The van der Waals surface area contributed by atoms with E-state index in [1.54, 1.807) is 37.3 Å². The molecule has 0 spiro atoms. The highest BCUT2D eigenvalue weighted by Crippen LogP contribution is 2.35. The summed E-state index contributed by atoms with van der Waals surface area (Å²) in [6.07, 6.45) is -2.57. The van der Waals surface area contributed by atoms with Crippen molar-refractivity contribution >= 4 is 29.3 Å². The van der Waals surface area contributed by atoms with E-state index in [2.05, 4.69) is 20.6 Å². The number of nitrogens with one attached hydrogen (secondary N) is 2. The minimum atomic E-state index is -4.66. The number of fused-ring (bicyclic) bond motifs is 1. The number of carbonyl (C=O) groups is 2. The van der Waals surface area contributed by atoms with Crippen LogP contribution in [0.3, 0.4) is 0 Å². The number of hydrogen-bond donors (Lipinski definition) is 3. The SMILES string of the molecule is CC(=O)Nc1nc2ccc(-c3cnc(N)c(C(F)(F)F)c3)cn2c1CNC(=O)OC(C)(C)C. The van der Waals surface area contributed by atoms with Crippen LogP contribution in [-0.4, -0.2) is 32.0 Å². The second-order valence-corrected chi connectivity index (χ2v) is 8.24. The highest BCUT2D eigenvalue weighted by molar-refractivity contribution is 5.89. The minimum absolute atomic E-state index is 0.0665. The topological polar surface area (TPSA) is 124 Å². The van der Waals surface area contributed by atoms with Gasteiger partial charge in [0.05, 0.1) is 17.8 Å². The Bertz CT molecular complexity index is 1210. The molecule has 0 aliphatic heterocycles. The Morgan fingerprint density at radius 3 is 2.48 bits per heavy atom. The van der Waals surface area contributed by atoms with Gasteiger partial charge < -0.3 is 21.1 Å². The molecule has 0 unspecified atom stereocenters. The van der Waals surface area contributed by atoms with Crippen LogP contribution < -0.4 is 16.4 Å². The molecule has 3 heterocycles. The van der Waals surface area contributed by atoms with E-state index in [9.17, 15) is 22.8 Å². The third-order valence-electron chi connectivity index (χ3n) is 4.37. The zero-order valence-corrected chi connectivity index (χ0v) is 18.4. The monoisotopic (exact) mass is 464 g/mol. The Morgan fingerprint density at radius 2 is 1.88 bits per heavy atom.